The zero-order valence-corrected chi connectivity index (χ0v) is 14.0. The molecule has 0 aliphatic rings. The highest BCUT2D eigenvalue weighted by molar-refractivity contribution is 5.93. The van der Waals surface area contributed by atoms with Crippen LogP contribution >= 0.6 is 0 Å². The Labute approximate surface area is 148 Å². The summed E-state index contributed by atoms with van der Waals surface area (Å²) in [6, 6.07) is 11.4. The molecule has 0 fully saturated rings. The summed E-state index contributed by atoms with van der Waals surface area (Å²) in [5, 5.41) is 11.6. The van der Waals surface area contributed by atoms with Crippen LogP contribution in [0.3, 0.4) is 0 Å². The smallest absolute Gasteiger partial charge is 0.416 e. The SMILES string of the molecule is CC(Cc1cccc(C(F)(F)F)c1)C(=O)Nc1ccccc1CC(=O)O. The third-order valence-corrected chi connectivity index (χ3v) is 3.86. The number of para-hydroxylation sites is 1. The van der Waals surface area contributed by atoms with E-state index in [-0.39, 0.29) is 18.7 Å². The van der Waals surface area contributed by atoms with Crippen LogP contribution in [0.5, 0.6) is 0 Å². The molecule has 0 radical (unpaired) electrons. The fourth-order valence-corrected chi connectivity index (χ4v) is 2.54. The molecule has 2 rings (SSSR count). The van der Waals surface area contributed by atoms with E-state index in [2.05, 4.69) is 5.32 Å². The molecule has 0 saturated heterocycles. The number of nitrogens with one attached hydrogen (secondary N) is 1. The van der Waals surface area contributed by atoms with Crippen LogP contribution in [0.25, 0.3) is 0 Å². The van der Waals surface area contributed by atoms with Crippen molar-refractivity contribution in [2.24, 2.45) is 5.92 Å². The largest absolute Gasteiger partial charge is 0.481 e. The van der Waals surface area contributed by atoms with E-state index in [9.17, 15) is 22.8 Å². The standard InChI is InChI=1S/C19H18F3NO3/c1-12(9-13-5-4-7-15(10-13)19(20,21)22)18(26)23-16-8-3-2-6-14(16)11-17(24)25/h2-8,10,12H,9,11H2,1H3,(H,23,26)(H,24,25). The molecule has 1 amide bonds. The first-order valence-electron chi connectivity index (χ1n) is 7.93. The van der Waals surface area contributed by atoms with Gasteiger partial charge in [0.2, 0.25) is 5.91 Å². The van der Waals surface area contributed by atoms with E-state index in [1.165, 1.54) is 12.1 Å². The zero-order chi connectivity index (χ0) is 19.3. The van der Waals surface area contributed by atoms with Gasteiger partial charge in [0.25, 0.3) is 0 Å². The Kier molecular flexibility index (Phi) is 6.02. The topological polar surface area (TPSA) is 66.4 Å². The lowest BCUT2D eigenvalue weighted by Crippen LogP contribution is -2.23. The molecule has 4 nitrogen and oxygen atoms in total. The molecule has 2 N–H and O–H groups in total. The van der Waals surface area contributed by atoms with Crippen molar-refractivity contribution in [2.75, 3.05) is 5.32 Å². The molecule has 2 aromatic carbocycles. The van der Waals surface area contributed by atoms with E-state index in [4.69, 9.17) is 5.11 Å². The molecule has 1 atom stereocenters. The number of hydrogen-bond acceptors (Lipinski definition) is 2. The van der Waals surface area contributed by atoms with Crippen LogP contribution in [0.4, 0.5) is 18.9 Å². The van der Waals surface area contributed by atoms with Crippen LogP contribution < -0.4 is 5.32 Å². The van der Waals surface area contributed by atoms with Crippen molar-refractivity contribution in [3.63, 3.8) is 0 Å². The Hall–Kier alpha value is -2.83. The van der Waals surface area contributed by atoms with Gasteiger partial charge in [-0.15, -0.1) is 0 Å². The molecule has 0 saturated carbocycles. The van der Waals surface area contributed by atoms with Crippen LogP contribution in [0.15, 0.2) is 48.5 Å². The summed E-state index contributed by atoms with van der Waals surface area (Å²) in [6.07, 6.45) is -4.54. The van der Waals surface area contributed by atoms with Gasteiger partial charge in [-0.3, -0.25) is 9.59 Å². The number of carbonyl (C=O) groups excluding carboxylic acids is 1. The van der Waals surface area contributed by atoms with Crippen molar-refractivity contribution in [3.8, 4) is 0 Å². The molecule has 0 spiro atoms. The average Bonchev–Trinajstić information content (AvgIpc) is 2.55. The van der Waals surface area contributed by atoms with Crippen LogP contribution in [0.1, 0.15) is 23.6 Å². The molecule has 26 heavy (non-hydrogen) atoms. The number of rotatable bonds is 6. The van der Waals surface area contributed by atoms with Gasteiger partial charge in [0.1, 0.15) is 0 Å². The van der Waals surface area contributed by atoms with Crippen LogP contribution in [-0.4, -0.2) is 17.0 Å². The Balaban J connectivity index is 2.08. The molecule has 0 aromatic heterocycles. The van der Waals surface area contributed by atoms with Gasteiger partial charge in [-0.2, -0.15) is 13.2 Å². The second-order valence-corrected chi connectivity index (χ2v) is 6.02. The molecule has 0 aliphatic heterocycles. The number of alkyl halides is 3. The number of amides is 1. The van der Waals surface area contributed by atoms with Gasteiger partial charge in [-0.25, -0.2) is 0 Å². The first-order chi connectivity index (χ1) is 12.2. The number of aliphatic carboxylic acids is 1. The third kappa shape index (κ3) is 5.34. The molecular weight excluding hydrogens is 347 g/mol. The van der Waals surface area contributed by atoms with Crippen molar-refractivity contribution in [3.05, 3.63) is 65.2 Å². The molecule has 138 valence electrons. The Morgan fingerprint density at radius 3 is 2.46 bits per heavy atom. The number of carboxylic acids is 1. The van der Waals surface area contributed by atoms with Crippen molar-refractivity contribution in [1.29, 1.82) is 0 Å². The molecule has 1 unspecified atom stereocenters. The van der Waals surface area contributed by atoms with Gasteiger partial charge in [0.15, 0.2) is 0 Å². The lowest BCUT2D eigenvalue weighted by atomic mass is 9.98. The monoisotopic (exact) mass is 365 g/mol. The summed E-state index contributed by atoms with van der Waals surface area (Å²) in [7, 11) is 0. The second kappa shape index (κ2) is 8.03. The van der Waals surface area contributed by atoms with Crippen molar-refractivity contribution < 1.29 is 27.9 Å². The van der Waals surface area contributed by atoms with E-state index < -0.39 is 23.6 Å². The highest BCUT2D eigenvalue weighted by atomic mass is 19.4. The maximum atomic E-state index is 12.8. The minimum atomic E-state index is -4.43. The van der Waals surface area contributed by atoms with Crippen LogP contribution in [-0.2, 0) is 28.6 Å². The summed E-state index contributed by atoms with van der Waals surface area (Å²) < 4.78 is 38.3. The lowest BCUT2D eigenvalue weighted by molar-refractivity contribution is -0.138. The van der Waals surface area contributed by atoms with Gasteiger partial charge in [0, 0.05) is 11.6 Å². The maximum Gasteiger partial charge on any atom is 0.416 e. The highest BCUT2D eigenvalue weighted by Crippen LogP contribution is 2.30. The van der Waals surface area contributed by atoms with E-state index in [0.29, 0.717) is 16.8 Å². The summed E-state index contributed by atoms with van der Waals surface area (Å²) in [4.78, 5) is 23.2. The predicted molar refractivity (Wildman–Crippen MR) is 90.7 cm³/mol. The minimum absolute atomic E-state index is 0.136. The first kappa shape index (κ1) is 19.5. The average molecular weight is 365 g/mol. The Morgan fingerprint density at radius 2 is 1.81 bits per heavy atom. The minimum Gasteiger partial charge on any atom is -0.481 e. The van der Waals surface area contributed by atoms with Crippen molar-refractivity contribution in [2.45, 2.75) is 25.9 Å². The van der Waals surface area contributed by atoms with E-state index in [0.717, 1.165) is 12.1 Å². The van der Waals surface area contributed by atoms with Gasteiger partial charge in [-0.05, 0) is 29.7 Å². The number of anilines is 1. The summed E-state index contributed by atoms with van der Waals surface area (Å²) in [5.41, 5.74) is 0.492. The van der Waals surface area contributed by atoms with Gasteiger partial charge < -0.3 is 10.4 Å². The van der Waals surface area contributed by atoms with E-state index in [1.54, 1.807) is 31.2 Å². The molecular formula is C19H18F3NO3. The molecule has 0 aliphatic carbocycles. The van der Waals surface area contributed by atoms with Crippen LogP contribution in [0.2, 0.25) is 0 Å². The highest BCUT2D eigenvalue weighted by Gasteiger charge is 2.30. The van der Waals surface area contributed by atoms with Crippen molar-refractivity contribution in [1.82, 2.24) is 0 Å². The lowest BCUT2D eigenvalue weighted by Gasteiger charge is -2.15. The van der Waals surface area contributed by atoms with Gasteiger partial charge in [0.05, 0.1) is 12.0 Å². The predicted octanol–water partition coefficient (Wildman–Crippen LogP) is 4.15. The van der Waals surface area contributed by atoms with Gasteiger partial charge >= 0.3 is 12.1 Å². The Morgan fingerprint density at radius 1 is 1.12 bits per heavy atom. The van der Waals surface area contributed by atoms with Crippen molar-refractivity contribution >= 4 is 17.6 Å². The van der Waals surface area contributed by atoms with Gasteiger partial charge in [-0.1, -0.05) is 43.3 Å². The number of benzene rings is 2. The van der Waals surface area contributed by atoms with E-state index >= 15 is 0 Å². The second-order valence-electron chi connectivity index (χ2n) is 6.02. The van der Waals surface area contributed by atoms with E-state index in [1.807, 2.05) is 0 Å². The quantitative estimate of drug-likeness (QED) is 0.808. The molecule has 0 bridgehead atoms. The summed E-state index contributed by atoms with van der Waals surface area (Å²) in [5.74, 6) is -2.00. The van der Waals surface area contributed by atoms with Crippen LogP contribution in [0, 0.1) is 5.92 Å². The fourth-order valence-electron chi connectivity index (χ4n) is 2.54. The molecule has 0 heterocycles. The number of hydrogen-bond donors (Lipinski definition) is 2. The fraction of sp³-hybridized carbons (Fsp3) is 0.263. The number of halogens is 3. The molecule has 2 aromatic rings. The third-order valence-electron chi connectivity index (χ3n) is 3.86. The normalized spacial score (nSPS) is 12.5. The summed E-state index contributed by atoms with van der Waals surface area (Å²) >= 11 is 0. The summed E-state index contributed by atoms with van der Waals surface area (Å²) in [6.45, 7) is 1.61. The number of carboxylic acid groups (broad SMARTS) is 1. The number of carbonyl (C=O) groups is 2. The maximum absolute atomic E-state index is 12.8. The molecule has 7 heteroatoms. The Bertz CT molecular complexity index is 803. The first-order valence-corrected chi connectivity index (χ1v) is 7.93. The zero-order valence-electron chi connectivity index (χ0n) is 14.0.